The number of carbonyl (C=O) groups is 2. The summed E-state index contributed by atoms with van der Waals surface area (Å²) in [6.45, 7) is 11.3. The quantitative estimate of drug-likeness (QED) is 0.0463. The minimum absolute atomic E-state index is 0. The molecule has 4 radical (unpaired) electrons. The van der Waals surface area contributed by atoms with Gasteiger partial charge in [-0.15, -0.1) is 6.58 Å². The van der Waals surface area contributed by atoms with E-state index in [1.807, 2.05) is 6.08 Å². The number of esters is 2. The van der Waals surface area contributed by atoms with Crippen LogP contribution >= 0.6 is 15.8 Å². The van der Waals surface area contributed by atoms with Gasteiger partial charge in [0.2, 0.25) is 0 Å². The van der Waals surface area contributed by atoms with E-state index < -0.39 is 13.9 Å². The van der Waals surface area contributed by atoms with Gasteiger partial charge in [0.25, 0.3) is 0 Å². The van der Waals surface area contributed by atoms with E-state index in [9.17, 15) is 9.59 Å². The van der Waals surface area contributed by atoms with Crippen molar-refractivity contribution in [3.63, 3.8) is 0 Å². The fourth-order valence-electron chi connectivity index (χ4n) is 4.99. The second-order valence-corrected chi connectivity index (χ2v) is 15.2. The van der Waals surface area contributed by atoms with Crippen LogP contribution in [0.3, 0.4) is 0 Å². The van der Waals surface area contributed by atoms with Crippen molar-refractivity contribution in [2.75, 3.05) is 26.5 Å². The number of benzene rings is 4. The van der Waals surface area contributed by atoms with E-state index in [-0.39, 0.29) is 35.6 Å². The molecule has 0 saturated heterocycles. The number of carbonyl (C=O) groups excluding carboxylic acids is 2. The van der Waals surface area contributed by atoms with E-state index in [0.29, 0.717) is 5.92 Å². The Kier molecular flexibility index (Phi) is 30.5. The van der Waals surface area contributed by atoms with Crippen LogP contribution in [0, 0.1) is 16.2 Å². The van der Waals surface area contributed by atoms with E-state index in [1.165, 1.54) is 35.4 Å². The van der Waals surface area contributed by atoms with Crippen LogP contribution in [0.4, 0.5) is 0 Å². The Morgan fingerprint density at radius 1 is 0.686 bits per heavy atom. The van der Waals surface area contributed by atoms with Crippen LogP contribution in [0.2, 0.25) is 0 Å². The Morgan fingerprint density at radius 3 is 1.31 bits per heavy atom. The van der Waals surface area contributed by atoms with E-state index in [2.05, 4.69) is 153 Å². The first-order valence-corrected chi connectivity index (χ1v) is 20.0. The minimum atomic E-state index is -0.407. The Labute approximate surface area is 321 Å². The molecular weight excluding hydrogens is 682 g/mol. The third-order valence-electron chi connectivity index (χ3n) is 7.61. The summed E-state index contributed by atoms with van der Waals surface area (Å²) in [7, 11) is 2.13. The number of nitrogens with one attached hydrogen (secondary N) is 1. The maximum absolute atomic E-state index is 12.0. The van der Waals surface area contributed by atoms with E-state index in [0.717, 1.165) is 37.7 Å². The van der Waals surface area contributed by atoms with Gasteiger partial charge in [0.1, 0.15) is 0 Å². The van der Waals surface area contributed by atoms with Gasteiger partial charge in [0.15, 0.2) is 0 Å². The molecule has 0 heterocycles. The van der Waals surface area contributed by atoms with Crippen LogP contribution < -0.4 is 21.2 Å². The molecule has 0 aliphatic rings. The first-order valence-electron chi connectivity index (χ1n) is 16.3. The number of rotatable bonds is 14. The molecule has 0 aromatic heterocycles. The fraction of sp³-hybridized carbons (Fsp3) is 0.286. The number of methoxy groups -OCH3 is 2. The van der Waals surface area contributed by atoms with Gasteiger partial charge < -0.3 is 9.47 Å². The number of hydrogen-bond acceptors (Lipinski definition) is 5. The summed E-state index contributed by atoms with van der Waals surface area (Å²) < 4.78 is 14.8. The SMILES string of the molecule is C.C=CC(=O)OC.C=CCP(c1ccccc1)c1ccccc1.CCC(CC(CC)C(=O)OC)CP(c1ccccc1)c1ccccc1.[B].[NH]=[Al]. The van der Waals surface area contributed by atoms with Gasteiger partial charge in [0, 0.05) is 14.5 Å². The normalized spacial score (nSPS) is 10.7. The molecular formula is C42H55AlBNO4P2. The van der Waals surface area contributed by atoms with Crippen molar-refractivity contribution in [2.24, 2.45) is 11.8 Å². The molecule has 4 aromatic carbocycles. The van der Waals surface area contributed by atoms with Crippen LogP contribution in [0.25, 0.3) is 0 Å². The molecule has 0 fully saturated rings. The van der Waals surface area contributed by atoms with Crippen LogP contribution in [0.1, 0.15) is 40.5 Å². The van der Waals surface area contributed by atoms with Gasteiger partial charge in [0.05, 0.1) is 20.1 Å². The van der Waals surface area contributed by atoms with E-state index in [4.69, 9.17) is 9.08 Å². The van der Waals surface area contributed by atoms with Crippen molar-refractivity contribution in [3.8, 4) is 0 Å². The molecule has 5 nitrogen and oxygen atoms in total. The summed E-state index contributed by atoms with van der Waals surface area (Å²) >= 11 is 1.67. The standard InChI is InChI=1S/C22H29O2P.C15H15P.C4H6O2.CH4.Al.B.HN/c1-4-18(16-19(5-2)22(23)24-3)17-25(20-12-8-6-9-13-20)21-14-10-7-11-15-21;1-2-13-16(14-9-5-3-6-10-14)15-11-7-4-8-12-15;1-3-4(5)6-2;;;;/h6-15,18-19H,4-5,16-17H2,1-3H3;2-12H,1,13H2;3H,1H2,2H3;1H4;;;1H. The van der Waals surface area contributed by atoms with Gasteiger partial charge in [-0.25, -0.2) is 4.79 Å². The van der Waals surface area contributed by atoms with Crippen molar-refractivity contribution in [3.05, 3.63) is 147 Å². The second-order valence-electron chi connectivity index (χ2n) is 10.7. The van der Waals surface area contributed by atoms with Crippen LogP contribution in [-0.4, -0.2) is 63.0 Å². The average Bonchev–Trinajstić information content (AvgIpc) is 3.19. The molecule has 4 aromatic rings. The van der Waals surface area contributed by atoms with Crippen molar-refractivity contribution >= 4 is 73.5 Å². The molecule has 1 N–H and O–H groups in total. The zero-order valence-electron chi connectivity index (χ0n) is 30.0. The Hall–Kier alpha value is -3.44. The van der Waals surface area contributed by atoms with E-state index >= 15 is 0 Å². The molecule has 9 heteroatoms. The average molecular weight is 738 g/mol. The van der Waals surface area contributed by atoms with Crippen molar-refractivity contribution in [1.82, 2.24) is 0 Å². The Bertz CT molecular complexity index is 1390. The summed E-state index contributed by atoms with van der Waals surface area (Å²) in [5.41, 5.74) is 0. The Balaban J connectivity index is 0. The summed E-state index contributed by atoms with van der Waals surface area (Å²) in [6.07, 6.45) is 8.14. The van der Waals surface area contributed by atoms with Crippen LogP contribution in [0.15, 0.2) is 147 Å². The number of allylic oxidation sites excluding steroid dienone is 1. The molecule has 268 valence electrons. The van der Waals surface area contributed by atoms with Crippen molar-refractivity contribution in [1.29, 1.82) is 4.35 Å². The monoisotopic (exact) mass is 737 g/mol. The molecule has 0 saturated carbocycles. The first kappa shape index (κ1) is 49.7. The van der Waals surface area contributed by atoms with Gasteiger partial charge in [-0.2, -0.15) is 0 Å². The Morgan fingerprint density at radius 2 is 1.06 bits per heavy atom. The van der Waals surface area contributed by atoms with Gasteiger partial charge >= 0.3 is 32.4 Å². The summed E-state index contributed by atoms with van der Waals surface area (Å²) in [5, 5.41) is 5.66. The van der Waals surface area contributed by atoms with Gasteiger partial charge in [-0.1, -0.05) is 162 Å². The van der Waals surface area contributed by atoms with Crippen molar-refractivity contribution < 1.29 is 19.1 Å². The predicted octanol–water partition coefficient (Wildman–Crippen LogP) is 8.56. The molecule has 2 atom stereocenters. The molecule has 4 rings (SSSR count). The third kappa shape index (κ3) is 19.1. The summed E-state index contributed by atoms with van der Waals surface area (Å²) in [4.78, 5) is 21.8. The molecule has 0 bridgehead atoms. The summed E-state index contributed by atoms with van der Waals surface area (Å²) in [5.74, 6) is 0.0774. The predicted molar refractivity (Wildman–Crippen MR) is 225 cm³/mol. The molecule has 51 heavy (non-hydrogen) atoms. The van der Waals surface area contributed by atoms with Crippen LogP contribution in [0.5, 0.6) is 0 Å². The molecule has 0 spiro atoms. The summed E-state index contributed by atoms with van der Waals surface area (Å²) in [6, 6.07) is 43.0. The topological polar surface area (TPSA) is 76.5 Å². The maximum atomic E-state index is 12.0. The molecule has 0 amide bonds. The zero-order valence-corrected chi connectivity index (χ0v) is 32.9. The third-order valence-corrected chi connectivity index (χ3v) is 12.8. The number of hydrogen-bond donors (Lipinski definition) is 1. The number of ether oxygens (including phenoxy) is 2. The van der Waals surface area contributed by atoms with E-state index in [1.54, 1.807) is 16.1 Å². The van der Waals surface area contributed by atoms with Crippen LogP contribution in [-0.2, 0) is 19.1 Å². The molecule has 2 unspecified atom stereocenters. The zero-order chi connectivity index (χ0) is 36.3. The molecule has 0 aliphatic carbocycles. The second kappa shape index (κ2) is 31.3. The van der Waals surface area contributed by atoms with Gasteiger partial charge in [-0.05, 0) is 68.1 Å². The van der Waals surface area contributed by atoms with Gasteiger partial charge in [-0.3, -0.25) is 4.79 Å². The first-order chi connectivity index (χ1) is 23.9. The van der Waals surface area contributed by atoms with Crippen molar-refractivity contribution in [2.45, 2.75) is 40.5 Å². The fourth-order valence-corrected chi connectivity index (χ4v) is 9.74. The molecule has 0 aliphatic heterocycles.